The number of pyridine rings is 1. The Morgan fingerprint density at radius 3 is 2.55 bits per heavy atom. The van der Waals surface area contributed by atoms with Crippen LogP contribution in [0.2, 0.25) is 0 Å². The number of halogens is 2. The Kier molecular flexibility index (Phi) is 8.00. The summed E-state index contributed by atoms with van der Waals surface area (Å²) in [7, 11) is 0. The van der Waals surface area contributed by atoms with E-state index in [1.54, 1.807) is 54.0 Å². The first-order valence-electron chi connectivity index (χ1n) is 12.0. The maximum Gasteiger partial charge on any atom is 0.387 e. The van der Waals surface area contributed by atoms with Crippen molar-refractivity contribution in [3.63, 3.8) is 0 Å². The van der Waals surface area contributed by atoms with Gasteiger partial charge in [0.15, 0.2) is 0 Å². The summed E-state index contributed by atoms with van der Waals surface area (Å²) < 4.78 is 39.2. The van der Waals surface area contributed by atoms with Crippen LogP contribution in [0.15, 0.2) is 48.8 Å². The Hall–Kier alpha value is -3.54. The summed E-state index contributed by atoms with van der Waals surface area (Å²) in [5.74, 6) is -0.462. The van der Waals surface area contributed by atoms with Crippen molar-refractivity contribution in [1.82, 2.24) is 14.7 Å². The third kappa shape index (κ3) is 6.29. The van der Waals surface area contributed by atoms with Crippen molar-refractivity contribution >= 4 is 22.9 Å². The molecule has 0 unspecified atom stereocenters. The van der Waals surface area contributed by atoms with E-state index in [-0.39, 0.29) is 28.5 Å². The number of carbonyl (C=O) groups excluding carboxylic acids is 1. The molecule has 11 heteroatoms. The highest BCUT2D eigenvalue weighted by molar-refractivity contribution is 7.17. The molecule has 38 heavy (non-hydrogen) atoms. The number of hydrogen-bond donors (Lipinski definition) is 3. The quantitative estimate of drug-likeness (QED) is 0.250. The second-order valence-electron chi connectivity index (χ2n) is 9.85. The highest BCUT2D eigenvalue weighted by Gasteiger charge is 2.23. The molecule has 0 bridgehead atoms. The molecular formula is C27H30F2N4O4S. The van der Waals surface area contributed by atoms with E-state index in [1.165, 1.54) is 0 Å². The second kappa shape index (κ2) is 11.1. The van der Waals surface area contributed by atoms with E-state index >= 15 is 0 Å². The fourth-order valence-corrected chi connectivity index (χ4v) is 4.85. The molecule has 1 aromatic carbocycles. The lowest BCUT2D eigenvalue weighted by Gasteiger charge is -2.22. The van der Waals surface area contributed by atoms with Gasteiger partial charge in [0.2, 0.25) is 0 Å². The first-order valence-corrected chi connectivity index (χ1v) is 12.8. The van der Waals surface area contributed by atoms with E-state index in [9.17, 15) is 18.7 Å². The number of primary amides is 1. The number of imidazole rings is 1. The summed E-state index contributed by atoms with van der Waals surface area (Å²) in [6, 6.07) is 10.3. The average molecular weight is 545 g/mol. The second-order valence-corrected chi connectivity index (χ2v) is 10.9. The minimum atomic E-state index is -3.01. The molecule has 4 N–H and O–H groups in total. The molecule has 4 rings (SSSR count). The summed E-state index contributed by atoms with van der Waals surface area (Å²) in [5, 5.41) is 12.8. The number of nitrogens with one attached hydrogen (secondary N) is 1. The van der Waals surface area contributed by atoms with Gasteiger partial charge >= 0.3 is 6.61 Å². The maximum absolute atomic E-state index is 13.2. The van der Waals surface area contributed by atoms with Crippen LogP contribution in [0.4, 0.5) is 8.78 Å². The van der Waals surface area contributed by atoms with Crippen molar-refractivity contribution in [2.24, 2.45) is 5.73 Å². The molecular weight excluding hydrogens is 514 g/mol. The van der Waals surface area contributed by atoms with Gasteiger partial charge in [-0.2, -0.15) is 8.78 Å². The van der Waals surface area contributed by atoms with E-state index in [1.807, 2.05) is 26.8 Å². The van der Waals surface area contributed by atoms with Gasteiger partial charge in [-0.1, -0.05) is 18.2 Å². The molecule has 0 aliphatic carbocycles. The molecule has 8 nitrogen and oxygen atoms in total. The molecule has 0 aliphatic heterocycles. The highest BCUT2D eigenvalue weighted by Crippen LogP contribution is 2.40. The standard InChI is InChI=1S/C27H30F2N4O4S/c1-15(18-7-5-16(11-32-27(2,3)4)9-20(18)37-26(28)29)36-21-10-22(38-24(21)25(30)35)19-12-31-23-8-6-17(14-34)13-33(19)23/h5-10,12-13,15,26,32,34H,11,14H2,1-4H3,(H2,30,35)/t15-/m1/s1. The molecule has 0 spiro atoms. The van der Waals surface area contributed by atoms with E-state index < -0.39 is 18.6 Å². The number of hydrogen-bond acceptors (Lipinski definition) is 7. The zero-order chi connectivity index (χ0) is 27.6. The van der Waals surface area contributed by atoms with Crippen LogP contribution in [0, 0.1) is 0 Å². The number of ether oxygens (including phenoxy) is 2. The van der Waals surface area contributed by atoms with E-state index in [0.717, 1.165) is 16.9 Å². The van der Waals surface area contributed by atoms with Gasteiger partial charge in [-0.25, -0.2) is 4.98 Å². The molecule has 1 atom stereocenters. The van der Waals surface area contributed by atoms with Crippen LogP contribution in [-0.4, -0.2) is 32.5 Å². The number of thiophene rings is 1. The van der Waals surface area contributed by atoms with Crippen molar-refractivity contribution < 1.29 is 28.2 Å². The average Bonchev–Trinajstić information content (AvgIpc) is 3.45. The first kappa shape index (κ1) is 27.5. The molecule has 0 saturated heterocycles. The highest BCUT2D eigenvalue weighted by atomic mass is 32.1. The molecule has 3 aromatic heterocycles. The predicted octanol–water partition coefficient (Wildman–Crippen LogP) is 5.28. The lowest BCUT2D eigenvalue weighted by Crippen LogP contribution is -2.35. The Morgan fingerprint density at radius 1 is 1.16 bits per heavy atom. The summed E-state index contributed by atoms with van der Waals surface area (Å²) >= 11 is 1.13. The molecule has 3 heterocycles. The van der Waals surface area contributed by atoms with Crippen molar-refractivity contribution in [1.29, 1.82) is 0 Å². The molecule has 0 aliphatic rings. The van der Waals surface area contributed by atoms with Crippen molar-refractivity contribution in [3.8, 4) is 22.1 Å². The van der Waals surface area contributed by atoms with E-state index in [0.29, 0.717) is 33.9 Å². The van der Waals surface area contributed by atoms with Crippen molar-refractivity contribution in [3.05, 3.63) is 70.4 Å². The van der Waals surface area contributed by atoms with Gasteiger partial charge in [-0.3, -0.25) is 9.20 Å². The Labute approximate surface area is 223 Å². The lowest BCUT2D eigenvalue weighted by atomic mass is 10.0. The van der Waals surface area contributed by atoms with Crippen LogP contribution >= 0.6 is 11.3 Å². The minimum absolute atomic E-state index is 0.00453. The summed E-state index contributed by atoms with van der Waals surface area (Å²) in [6.45, 7) is 5.04. The summed E-state index contributed by atoms with van der Waals surface area (Å²) in [4.78, 5) is 17.5. The number of carbonyl (C=O) groups is 1. The normalized spacial score (nSPS) is 12.7. The number of alkyl halides is 2. The van der Waals surface area contributed by atoms with Crippen LogP contribution in [0.5, 0.6) is 11.5 Å². The van der Waals surface area contributed by atoms with Gasteiger partial charge in [0.05, 0.1) is 23.4 Å². The number of nitrogens with two attached hydrogens (primary N) is 1. The molecule has 0 saturated carbocycles. The van der Waals surface area contributed by atoms with Crippen LogP contribution in [0.1, 0.15) is 60.2 Å². The molecule has 0 fully saturated rings. The van der Waals surface area contributed by atoms with Gasteiger partial charge in [-0.15, -0.1) is 11.3 Å². The first-order chi connectivity index (χ1) is 17.9. The zero-order valence-corrected chi connectivity index (χ0v) is 22.3. The minimum Gasteiger partial charge on any atom is -0.484 e. The topological polar surface area (TPSA) is 111 Å². The number of benzene rings is 1. The SMILES string of the molecule is C[C@@H](Oc1cc(-c2cnc3ccc(CO)cn23)sc1C(N)=O)c1ccc(CNC(C)(C)C)cc1OC(F)F. The number of aliphatic hydroxyl groups excluding tert-OH is 1. The van der Waals surface area contributed by atoms with E-state index in [4.69, 9.17) is 15.2 Å². The third-order valence-corrected chi connectivity index (χ3v) is 6.94. The Balaban J connectivity index is 1.66. The number of rotatable bonds is 10. The van der Waals surface area contributed by atoms with Crippen LogP contribution < -0.4 is 20.5 Å². The van der Waals surface area contributed by atoms with Gasteiger partial charge in [0, 0.05) is 29.9 Å². The van der Waals surface area contributed by atoms with Crippen LogP contribution in [-0.2, 0) is 13.2 Å². The fraction of sp³-hybridized carbons (Fsp3) is 0.333. The Morgan fingerprint density at radius 2 is 1.89 bits per heavy atom. The lowest BCUT2D eigenvalue weighted by molar-refractivity contribution is -0.0513. The smallest absolute Gasteiger partial charge is 0.387 e. The predicted molar refractivity (Wildman–Crippen MR) is 142 cm³/mol. The zero-order valence-electron chi connectivity index (χ0n) is 21.5. The van der Waals surface area contributed by atoms with Crippen LogP contribution in [0.3, 0.4) is 0 Å². The van der Waals surface area contributed by atoms with Crippen molar-refractivity contribution in [2.75, 3.05) is 0 Å². The van der Waals surface area contributed by atoms with E-state index in [2.05, 4.69) is 10.3 Å². The van der Waals surface area contributed by atoms with Crippen molar-refractivity contribution in [2.45, 2.75) is 59.1 Å². The summed E-state index contributed by atoms with van der Waals surface area (Å²) in [6.07, 6.45) is 2.67. The number of fused-ring (bicyclic) bond motifs is 1. The largest absolute Gasteiger partial charge is 0.484 e. The van der Waals surface area contributed by atoms with Gasteiger partial charge in [-0.05, 0) is 51.0 Å². The molecule has 4 aromatic rings. The number of nitrogens with zero attached hydrogens (tertiary/aromatic N) is 2. The van der Waals surface area contributed by atoms with Gasteiger partial charge in [0.1, 0.15) is 28.1 Å². The number of aromatic nitrogens is 2. The molecule has 1 amide bonds. The summed E-state index contributed by atoms with van der Waals surface area (Å²) in [5.41, 5.74) is 8.71. The maximum atomic E-state index is 13.2. The number of amides is 1. The Bertz CT molecular complexity index is 1440. The molecule has 0 radical (unpaired) electrons. The van der Waals surface area contributed by atoms with Crippen LogP contribution in [0.25, 0.3) is 16.2 Å². The third-order valence-electron chi connectivity index (χ3n) is 5.78. The molecule has 202 valence electrons. The van der Waals surface area contributed by atoms with Gasteiger partial charge < -0.3 is 25.6 Å². The fourth-order valence-electron chi connectivity index (χ4n) is 3.90. The number of aliphatic hydroxyl groups is 1. The van der Waals surface area contributed by atoms with Gasteiger partial charge in [0.25, 0.3) is 5.91 Å². The monoisotopic (exact) mass is 544 g/mol.